The van der Waals surface area contributed by atoms with Crippen LogP contribution in [0.3, 0.4) is 0 Å². The number of alkyl halides is 2. The van der Waals surface area contributed by atoms with Crippen LogP contribution in [0, 0.1) is 5.41 Å². The van der Waals surface area contributed by atoms with E-state index in [2.05, 4.69) is 4.74 Å². The molecule has 0 bridgehead atoms. The van der Waals surface area contributed by atoms with E-state index < -0.39 is 6.61 Å². The highest BCUT2D eigenvalue weighted by Gasteiger charge is 2.45. The van der Waals surface area contributed by atoms with Gasteiger partial charge in [0.15, 0.2) is 0 Å². The molecule has 0 aromatic heterocycles. The molecular weight excluding hydrogens is 304 g/mol. The molecule has 1 heterocycles. The number of nitrogens with zero attached hydrogens (tertiary/aromatic N) is 1. The van der Waals surface area contributed by atoms with Crippen LogP contribution in [0.25, 0.3) is 0 Å². The zero-order chi connectivity index (χ0) is 16.4. The number of aliphatic hydroxyl groups excluding tert-OH is 1. The van der Waals surface area contributed by atoms with E-state index in [1.54, 1.807) is 17.0 Å². The van der Waals surface area contributed by atoms with Crippen LogP contribution in [0.1, 0.15) is 42.5 Å². The SMILES string of the molecule is O=C(c1ccccc1OC(F)F)N1CCC[C@@]2(CCC[C@H]2O)C1. The molecule has 1 N–H and O–H groups in total. The molecule has 3 rings (SSSR count). The fourth-order valence-corrected chi connectivity index (χ4v) is 3.94. The maximum atomic E-state index is 12.8. The van der Waals surface area contributed by atoms with Gasteiger partial charge in [0.1, 0.15) is 5.75 Å². The molecule has 1 aliphatic heterocycles. The maximum absolute atomic E-state index is 12.8. The van der Waals surface area contributed by atoms with Crippen molar-refractivity contribution in [3.63, 3.8) is 0 Å². The topological polar surface area (TPSA) is 49.8 Å². The van der Waals surface area contributed by atoms with Gasteiger partial charge >= 0.3 is 6.61 Å². The molecule has 6 heteroatoms. The number of para-hydroxylation sites is 1. The van der Waals surface area contributed by atoms with Crippen molar-refractivity contribution in [2.75, 3.05) is 13.1 Å². The predicted octanol–water partition coefficient (Wildman–Crippen LogP) is 3.06. The third-order valence-electron chi connectivity index (χ3n) is 5.09. The maximum Gasteiger partial charge on any atom is 0.387 e. The molecule has 23 heavy (non-hydrogen) atoms. The summed E-state index contributed by atoms with van der Waals surface area (Å²) in [5.74, 6) is -0.404. The van der Waals surface area contributed by atoms with Crippen LogP contribution >= 0.6 is 0 Å². The Labute approximate surface area is 134 Å². The van der Waals surface area contributed by atoms with E-state index >= 15 is 0 Å². The summed E-state index contributed by atoms with van der Waals surface area (Å²) in [6, 6.07) is 6.08. The van der Waals surface area contributed by atoms with Crippen molar-refractivity contribution in [1.29, 1.82) is 0 Å². The Morgan fingerprint density at radius 3 is 2.74 bits per heavy atom. The number of aliphatic hydroxyl groups is 1. The second-order valence-electron chi connectivity index (χ2n) is 6.48. The van der Waals surface area contributed by atoms with E-state index in [0.717, 1.165) is 32.1 Å². The van der Waals surface area contributed by atoms with Crippen LogP contribution in [0.4, 0.5) is 8.78 Å². The Kier molecular flexibility index (Phi) is 4.53. The first-order valence-electron chi connectivity index (χ1n) is 8.03. The molecule has 1 aromatic rings. The van der Waals surface area contributed by atoms with Gasteiger partial charge in [-0.25, -0.2) is 0 Å². The highest BCUT2D eigenvalue weighted by molar-refractivity contribution is 5.97. The van der Waals surface area contributed by atoms with Crippen LogP contribution < -0.4 is 4.74 Å². The number of rotatable bonds is 3. The van der Waals surface area contributed by atoms with Crippen molar-refractivity contribution in [3.05, 3.63) is 29.8 Å². The molecule has 1 amide bonds. The first kappa shape index (κ1) is 16.2. The van der Waals surface area contributed by atoms with E-state index in [4.69, 9.17) is 0 Å². The second kappa shape index (κ2) is 6.43. The number of likely N-dealkylation sites (tertiary alicyclic amines) is 1. The van der Waals surface area contributed by atoms with Crippen LogP contribution in [0.2, 0.25) is 0 Å². The zero-order valence-electron chi connectivity index (χ0n) is 12.9. The number of hydrogen-bond donors (Lipinski definition) is 1. The molecule has 2 atom stereocenters. The summed E-state index contributed by atoms with van der Waals surface area (Å²) in [5.41, 5.74) is -0.0794. The minimum atomic E-state index is -2.96. The number of halogens is 2. The van der Waals surface area contributed by atoms with E-state index in [1.165, 1.54) is 12.1 Å². The normalized spacial score (nSPS) is 27.7. The largest absolute Gasteiger partial charge is 0.434 e. The summed E-state index contributed by atoms with van der Waals surface area (Å²) in [6.07, 6.45) is 3.99. The van der Waals surface area contributed by atoms with Gasteiger partial charge in [0.05, 0.1) is 11.7 Å². The summed E-state index contributed by atoms with van der Waals surface area (Å²) < 4.78 is 29.5. The van der Waals surface area contributed by atoms with Gasteiger partial charge in [0.2, 0.25) is 0 Å². The van der Waals surface area contributed by atoms with Crippen LogP contribution in [0.15, 0.2) is 24.3 Å². The molecule has 2 aliphatic rings. The van der Waals surface area contributed by atoms with Crippen molar-refractivity contribution < 1.29 is 23.4 Å². The second-order valence-corrected chi connectivity index (χ2v) is 6.48. The summed E-state index contributed by atoms with van der Waals surface area (Å²) in [7, 11) is 0. The molecule has 1 saturated heterocycles. The first-order valence-corrected chi connectivity index (χ1v) is 8.03. The van der Waals surface area contributed by atoms with Gasteiger partial charge in [-0.05, 0) is 37.8 Å². The van der Waals surface area contributed by atoms with Gasteiger partial charge in [0.25, 0.3) is 5.91 Å². The van der Waals surface area contributed by atoms with Crippen molar-refractivity contribution in [2.45, 2.75) is 44.8 Å². The third kappa shape index (κ3) is 3.17. The van der Waals surface area contributed by atoms with Crippen molar-refractivity contribution in [3.8, 4) is 5.75 Å². The highest BCUT2D eigenvalue weighted by atomic mass is 19.3. The van der Waals surface area contributed by atoms with Gasteiger partial charge < -0.3 is 14.7 Å². The van der Waals surface area contributed by atoms with E-state index in [9.17, 15) is 18.7 Å². The highest BCUT2D eigenvalue weighted by Crippen LogP contribution is 2.45. The first-order chi connectivity index (χ1) is 11.0. The molecule has 0 unspecified atom stereocenters. The van der Waals surface area contributed by atoms with Gasteiger partial charge in [0, 0.05) is 18.5 Å². The molecule has 126 valence electrons. The number of benzene rings is 1. The predicted molar refractivity (Wildman–Crippen MR) is 80.5 cm³/mol. The fourth-order valence-electron chi connectivity index (χ4n) is 3.94. The Morgan fingerprint density at radius 1 is 1.30 bits per heavy atom. The number of amides is 1. The van der Waals surface area contributed by atoms with Gasteiger partial charge in [-0.15, -0.1) is 0 Å². The molecule has 1 aromatic carbocycles. The van der Waals surface area contributed by atoms with Gasteiger partial charge in [-0.1, -0.05) is 18.6 Å². The lowest BCUT2D eigenvalue weighted by Crippen LogP contribution is -2.49. The van der Waals surface area contributed by atoms with Crippen LogP contribution in [0.5, 0.6) is 5.75 Å². The summed E-state index contributed by atoms with van der Waals surface area (Å²) in [5, 5.41) is 10.3. The van der Waals surface area contributed by atoms with Gasteiger partial charge in [-0.2, -0.15) is 8.78 Å². The minimum Gasteiger partial charge on any atom is -0.434 e. The Bertz CT molecular complexity index is 581. The van der Waals surface area contributed by atoms with E-state index in [1.807, 2.05) is 0 Å². The number of carbonyl (C=O) groups is 1. The average molecular weight is 325 g/mol. The average Bonchev–Trinajstić information content (AvgIpc) is 2.87. The molecule has 1 spiro atoms. The molecule has 4 nitrogen and oxygen atoms in total. The lowest BCUT2D eigenvalue weighted by Gasteiger charge is -2.42. The van der Waals surface area contributed by atoms with Crippen LogP contribution in [-0.4, -0.2) is 41.7 Å². The minimum absolute atomic E-state index is 0.0981. The molecule has 1 saturated carbocycles. The summed E-state index contributed by atoms with van der Waals surface area (Å²) in [4.78, 5) is 14.4. The molecule has 2 fully saturated rings. The Morgan fingerprint density at radius 2 is 2.04 bits per heavy atom. The van der Waals surface area contributed by atoms with Gasteiger partial charge in [-0.3, -0.25) is 4.79 Å². The quantitative estimate of drug-likeness (QED) is 0.929. The van der Waals surface area contributed by atoms with E-state index in [0.29, 0.717) is 13.1 Å². The van der Waals surface area contributed by atoms with Crippen molar-refractivity contribution in [1.82, 2.24) is 4.90 Å². The number of ether oxygens (including phenoxy) is 1. The smallest absolute Gasteiger partial charge is 0.387 e. The zero-order valence-corrected chi connectivity index (χ0v) is 12.9. The number of carbonyl (C=O) groups excluding carboxylic acids is 1. The van der Waals surface area contributed by atoms with Crippen molar-refractivity contribution >= 4 is 5.91 Å². The summed E-state index contributed by atoms with van der Waals surface area (Å²) >= 11 is 0. The molecular formula is C17H21F2NO3. The van der Waals surface area contributed by atoms with Crippen LogP contribution in [-0.2, 0) is 0 Å². The number of piperidine rings is 1. The third-order valence-corrected chi connectivity index (χ3v) is 5.09. The summed E-state index contributed by atoms with van der Waals surface area (Å²) in [6.45, 7) is -1.90. The Balaban J connectivity index is 1.80. The monoisotopic (exact) mass is 325 g/mol. The lowest BCUT2D eigenvalue weighted by atomic mass is 9.76. The molecule has 1 aliphatic carbocycles. The standard InChI is InChI=1S/C17H21F2NO3/c18-16(19)23-13-6-2-1-5-12(13)15(22)20-10-4-9-17(11-20)8-3-7-14(17)21/h1-2,5-6,14,16,21H,3-4,7-11H2/t14-,17+/m1/s1. The number of hydrogen-bond acceptors (Lipinski definition) is 3. The molecule has 0 radical (unpaired) electrons. The fraction of sp³-hybridized carbons (Fsp3) is 0.588. The lowest BCUT2D eigenvalue weighted by molar-refractivity contribution is -0.0504. The van der Waals surface area contributed by atoms with E-state index in [-0.39, 0.29) is 28.7 Å². The van der Waals surface area contributed by atoms with Crippen molar-refractivity contribution in [2.24, 2.45) is 5.41 Å². The Hall–Kier alpha value is -1.69.